The summed E-state index contributed by atoms with van der Waals surface area (Å²) < 4.78 is 13.7. The molecule has 4 aromatic rings. The highest BCUT2D eigenvalue weighted by atomic mass is 16.5. The van der Waals surface area contributed by atoms with Crippen molar-refractivity contribution in [1.82, 2.24) is 30.2 Å². The third kappa shape index (κ3) is 4.61. The lowest BCUT2D eigenvalue weighted by molar-refractivity contribution is 0.00508. The largest absolute Gasteiger partial charge is 0.449 e. The molecule has 37 heavy (non-hydrogen) atoms. The Kier molecular flexibility index (Phi) is 6.42. The topological polar surface area (TPSA) is 129 Å². The molecular weight excluding hydrogens is 470 g/mol. The average Bonchev–Trinajstić information content (AvgIpc) is 3.64. The lowest BCUT2D eigenvalue weighted by Gasteiger charge is -2.16. The number of ether oxygens (including phenoxy) is 2. The van der Waals surface area contributed by atoms with Crippen LogP contribution in [0, 0.1) is 0 Å². The fourth-order valence-corrected chi connectivity index (χ4v) is 5.29. The average molecular weight is 500 g/mol. The maximum atomic E-state index is 12.3. The molecule has 2 atom stereocenters. The van der Waals surface area contributed by atoms with Gasteiger partial charge in [-0.25, -0.2) is 19.7 Å². The molecule has 1 aliphatic carbocycles. The number of nitrogens with two attached hydrogens (primary N) is 1. The first-order chi connectivity index (χ1) is 18.2. The SMILES string of the molecule is Nc1ncnc2c1ncn2C1CC[C@@H](CNCCNC(=O)OCC2c3ccccc3-c3ccccc32)O1. The molecule has 10 heteroatoms. The van der Waals surface area contributed by atoms with Crippen LogP contribution in [-0.2, 0) is 9.47 Å². The van der Waals surface area contributed by atoms with Gasteiger partial charge in [-0.3, -0.25) is 4.57 Å². The van der Waals surface area contributed by atoms with E-state index in [0.717, 1.165) is 12.8 Å². The number of alkyl carbamates (subject to hydrolysis) is 1. The Hall–Kier alpha value is -4.02. The molecule has 1 fully saturated rings. The van der Waals surface area contributed by atoms with Crippen LogP contribution in [0.5, 0.6) is 0 Å². The molecule has 0 radical (unpaired) electrons. The van der Waals surface area contributed by atoms with Gasteiger partial charge in [0, 0.05) is 25.6 Å². The molecule has 3 heterocycles. The van der Waals surface area contributed by atoms with Crippen LogP contribution in [0.2, 0.25) is 0 Å². The van der Waals surface area contributed by atoms with Crippen LogP contribution < -0.4 is 16.4 Å². The minimum Gasteiger partial charge on any atom is -0.449 e. The van der Waals surface area contributed by atoms with Crippen molar-refractivity contribution >= 4 is 23.1 Å². The van der Waals surface area contributed by atoms with Crippen molar-refractivity contribution in [1.29, 1.82) is 0 Å². The number of benzene rings is 2. The molecule has 0 bridgehead atoms. The molecule has 0 saturated carbocycles. The lowest BCUT2D eigenvalue weighted by Crippen LogP contribution is -2.35. The first-order valence-corrected chi connectivity index (χ1v) is 12.6. The molecule has 0 spiro atoms. The smallest absolute Gasteiger partial charge is 0.407 e. The van der Waals surface area contributed by atoms with Gasteiger partial charge in [0.1, 0.15) is 24.7 Å². The van der Waals surface area contributed by atoms with Crippen LogP contribution in [0.25, 0.3) is 22.3 Å². The second-order valence-electron chi connectivity index (χ2n) is 9.33. The number of rotatable bonds is 8. The zero-order valence-corrected chi connectivity index (χ0v) is 20.3. The van der Waals surface area contributed by atoms with E-state index in [0.29, 0.717) is 43.2 Å². The van der Waals surface area contributed by atoms with Gasteiger partial charge in [-0.05, 0) is 35.1 Å². The van der Waals surface area contributed by atoms with Crippen molar-refractivity contribution in [3.8, 4) is 11.1 Å². The van der Waals surface area contributed by atoms with Gasteiger partial charge in [0.25, 0.3) is 0 Å². The Morgan fingerprint density at radius 1 is 1.03 bits per heavy atom. The summed E-state index contributed by atoms with van der Waals surface area (Å²) in [4.78, 5) is 24.9. The third-order valence-electron chi connectivity index (χ3n) is 7.07. The van der Waals surface area contributed by atoms with Gasteiger partial charge in [0.15, 0.2) is 11.5 Å². The van der Waals surface area contributed by atoms with E-state index in [-0.39, 0.29) is 18.2 Å². The zero-order chi connectivity index (χ0) is 25.2. The van der Waals surface area contributed by atoms with Crippen molar-refractivity contribution < 1.29 is 14.3 Å². The van der Waals surface area contributed by atoms with E-state index in [1.807, 2.05) is 28.8 Å². The number of fused-ring (bicyclic) bond motifs is 4. The molecular formula is C27H29N7O3. The summed E-state index contributed by atoms with van der Waals surface area (Å²) in [6.07, 6.45) is 4.44. The van der Waals surface area contributed by atoms with Crippen LogP contribution in [0.1, 0.15) is 36.1 Å². The first-order valence-electron chi connectivity index (χ1n) is 12.6. The number of amides is 1. The molecule has 1 saturated heterocycles. The summed E-state index contributed by atoms with van der Waals surface area (Å²) >= 11 is 0. The fourth-order valence-electron chi connectivity index (χ4n) is 5.29. The highest BCUT2D eigenvalue weighted by Crippen LogP contribution is 2.44. The van der Waals surface area contributed by atoms with E-state index < -0.39 is 6.09 Å². The summed E-state index contributed by atoms with van der Waals surface area (Å²) in [7, 11) is 0. The van der Waals surface area contributed by atoms with Crippen molar-refractivity contribution in [2.45, 2.75) is 31.1 Å². The predicted molar refractivity (Wildman–Crippen MR) is 139 cm³/mol. The van der Waals surface area contributed by atoms with Crippen molar-refractivity contribution in [2.75, 3.05) is 32.0 Å². The van der Waals surface area contributed by atoms with Crippen LogP contribution in [-0.4, -0.2) is 58.0 Å². The van der Waals surface area contributed by atoms with E-state index in [4.69, 9.17) is 15.2 Å². The Morgan fingerprint density at radius 2 is 1.78 bits per heavy atom. The summed E-state index contributed by atoms with van der Waals surface area (Å²) in [6, 6.07) is 16.6. The molecule has 1 amide bonds. The van der Waals surface area contributed by atoms with Crippen LogP contribution >= 0.6 is 0 Å². The van der Waals surface area contributed by atoms with Gasteiger partial charge in [-0.15, -0.1) is 0 Å². The summed E-state index contributed by atoms with van der Waals surface area (Å²) in [5.74, 6) is 0.420. The first kappa shape index (κ1) is 23.4. The Bertz CT molecular complexity index is 1380. The Labute approximate surface area is 214 Å². The highest BCUT2D eigenvalue weighted by molar-refractivity contribution is 5.81. The number of hydrogen-bond acceptors (Lipinski definition) is 8. The molecule has 6 rings (SSSR count). The van der Waals surface area contributed by atoms with Gasteiger partial charge in [0.2, 0.25) is 0 Å². The van der Waals surface area contributed by atoms with Crippen LogP contribution in [0.3, 0.4) is 0 Å². The number of nitrogens with one attached hydrogen (secondary N) is 2. The second kappa shape index (κ2) is 10.2. The minimum absolute atomic E-state index is 0.0549. The monoisotopic (exact) mass is 499 g/mol. The van der Waals surface area contributed by atoms with Gasteiger partial charge >= 0.3 is 6.09 Å². The molecule has 10 nitrogen and oxygen atoms in total. The molecule has 190 valence electrons. The van der Waals surface area contributed by atoms with Crippen LogP contribution in [0.4, 0.5) is 10.6 Å². The normalized spacial score (nSPS) is 18.6. The summed E-state index contributed by atoms with van der Waals surface area (Å²) in [6.45, 7) is 2.08. The van der Waals surface area contributed by atoms with E-state index in [1.165, 1.54) is 28.6 Å². The van der Waals surface area contributed by atoms with Crippen molar-refractivity contribution in [3.63, 3.8) is 0 Å². The highest BCUT2D eigenvalue weighted by Gasteiger charge is 2.29. The maximum Gasteiger partial charge on any atom is 0.407 e. The molecule has 2 aliphatic rings. The number of nitrogen functional groups attached to an aromatic ring is 1. The standard InChI is InChI=1S/C27H29N7O3/c28-25-24-26(32-15-31-25)34(16-33-24)23-10-9-17(37-23)13-29-11-12-30-27(35)36-14-22-20-7-3-1-5-18(20)19-6-2-4-8-21(19)22/h1-8,15-17,22-23,29H,9-14H2,(H,30,35)(H2,28,31,32)/t17-,23?/m0/s1. The number of anilines is 1. The van der Waals surface area contributed by atoms with Crippen LogP contribution in [0.15, 0.2) is 61.2 Å². The Balaban J connectivity index is 0.927. The molecule has 4 N–H and O–H groups in total. The van der Waals surface area contributed by atoms with E-state index in [2.05, 4.69) is 49.9 Å². The summed E-state index contributed by atoms with van der Waals surface area (Å²) in [5, 5.41) is 6.19. The van der Waals surface area contributed by atoms with Gasteiger partial charge < -0.3 is 25.8 Å². The predicted octanol–water partition coefficient (Wildman–Crippen LogP) is 3.21. The van der Waals surface area contributed by atoms with E-state index >= 15 is 0 Å². The number of hydrogen-bond donors (Lipinski definition) is 3. The fraction of sp³-hybridized carbons (Fsp3) is 0.333. The number of imidazole rings is 1. The Morgan fingerprint density at radius 3 is 2.57 bits per heavy atom. The zero-order valence-electron chi connectivity index (χ0n) is 20.3. The van der Waals surface area contributed by atoms with Crippen molar-refractivity contribution in [2.24, 2.45) is 0 Å². The molecule has 1 aliphatic heterocycles. The maximum absolute atomic E-state index is 12.3. The molecule has 2 aromatic heterocycles. The second-order valence-corrected chi connectivity index (χ2v) is 9.33. The number of nitrogens with zero attached hydrogens (tertiary/aromatic N) is 4. The number of aromatic nitrogens is 4. The van der Waals surface area contributed by atoms with Gasteiger partial charge in [0.05, 0.1) is 12.4 Å². The summed E-state index contributed by atoms with van der Waals surface area (Å²) in [5.41, 5.74) is 12.0. The number of carbonyl (C=O) groups excluding carboxylic acids is 1. The minimum atomic E-state index is -0.408. The van der Waals surface area contributed by atoms with E-state index in [1.54, 1.807) is 6.33 Å². The van der Waals surface area contributed by atoms with Crippen molar-refractivity contribution in [3.05, 3.63) is 72.3 Å². The van der Waals surface area contributed by atoms with Gasteiger partial charge in [-0.1, -0.05) is 48.5 Å². The quantitative estimate of drug-likeness (QED) is 0.315. The number of carbonyl (C=O) groups is 1. The van der Waals surface area contributed by atoms with E-state index in [9.17, 15) is 4.79 Å². The van der Waals surface area contributed by atoms with Gasteiger partial charge in [-0.2, -0.15) is 0 Å². The molecule has 2 aromatic carbocycles. The third-order valence-corrected chi connectivity index (χ3v) is 7.07. The lowest BCUT2D eigenvalue weighted by atomic mass is 9.98. The molecule has 1 unspecified atom stereocenters.